The highest BCUT2D eigenvalue weighted by molar-refractivity contribution is 9.10. The Labute approximate surface area is 253 Å². The topological polar surface area (TPSA) is 92.8 Å². The Kier molecular flexibility index (Phi) is 9.46. The summed E-state index contributed by atoms with van der Waals surface area (Å²) >= 11 is 3.47. The van der Waals surface area contributed by atoms with Crippen molar-refractivity contribution < 1.29 is 24.1 Å². The normalized spacial score (nSPS) is 13.9. The molecule has 3 N–H and O–H groups in total. The summed E-state index contributed by atoms with van der Waals surface area (Å²) in [5.74, 6) is 1.69. The summed E-state index contributed by atoms with van der Waals surface area (Å²) in [5, 5.41) is 12.4. The molecule has 6 rings (SSSR count). The molecule has 42 heavy (non-hydrogen) atoms. The number of benzene rings is 4. The van der Waals surface area contributed by atoms with E-state index in [0.717, 1.165) is 58.3 Å². The summed E-state index contributed by atoms with van der Waals surface area (Å²) in [5.41, 5.74) is 7.02. The number of methoxy groups -OCH3 is 1. The van der Waals surface area contributed by atoms with Gasteiger partial charge in [0.05, 0.1) is 13.2 Å². The van der Waals surface area contributed by atoms with E-state index in [4.69, 9.17) is 24.1 Å². The van der Waals surface area contributed by atoms with Gasteiger partial charge < -0.3 is 29.6 Å². The molecule has 0 saturated carbocycles. The first-order valence-electron chi connectivity index (χ1n) is 13.7. The third-order valence-electron chi connectivity index (χ3n) is 7.02. The van der Waals surface area contributed by atoms with E-state index in [0.29, 0.717) is 13.2 Å². The van der Waals surface area contributed by atoms with Crippen LogP contribution in [0.2, 0.25) is 0 Å². The molecule has 1 aliphatic rings. The Morgan fingerprint density at radius 1 is 0.929 bits per heavy atom. The third-order valence-corrected chi connectivity index (χ3v) is 7.55. The fourth-order valence-electron chi connectivity index (χ4n) is 5.10. The second-order valence-electron chi connectivity index (χ2n) is 9.97. The number of hydrogen-bond donors (Lipinski definition) is 3. The quantitative estimate of drug-likeness (QED) is 0.166. The standard InChI is InChI=1S/C32H29BrN2O3.C2H4O2/c1-36-30-14-7-22(17-23(30)20-38-25-10-8-24(33)9-11-25)31-32-27(15-16-34-31)28-18-26(12-13-29(28)35-32)37-19-21-5-3-2-4-6-21;1-2(3)4/h2-14,17-18,31,34-35H,15-16,19-20H2,1H3;1H3,(H,3,4). The SMILES string of the molecule is CC(=O)O.COc1ccc(C2NCCc3c2[nH]c2ccc(OCc4ccccc4)cc32)cc1COc1ccc(Br)cc1. The maximum atomic E-state index is 9.00. The number of ether oxygens (including phenoxy) is 3. The molecule has 0 spiro atoms. The van der Waals surface area contributed by atoms with Crippen molar-refractivity contribution >= 4 is 32.8 Å². The number of fused-ring (bicyclic) bond motifs is 3. The molecule has 0 aliphatic carbocycles. The van der Waals surface area contributed by atoms with Crippen LogP contribution in [0.15, 0.2) is 95.5 Å². The maximum absolute atomic E-state index is 9.00. The second kappa shape index (κ2) is 13.6. The van der Waals surface area contributed by atoms with E-state index in [9.17, 15) is 0 Å². The van der Waals surface area contributed by atoms with Crippen molar-refractivity contribution in [3.8, 4) is 17.2 Å². The number of aliphatic carboxylic acids is 1. The van der Waals surface area contributed by atoms with Crippen LogP contribution < -0.4 is 19.5 Å². The number of rotatable bonds is 8. The Morgan fingerprint density at radius 2 is 1.64 bits per heavy atom. The predicted molar refractivity (Wildman–Crippen MR) is 167 cm³/mol. The third kappa shape index (κ3) is 7.13. The Balaban J connectivity index is 0.000000830. The van der Waals surface area contributed by atoms with Crippen LogP contribution in [0.25, 0.3) is 10.9 Å². The number of nitrogens with one attached hydrogen (secondary N) is 2. The molecule has 0 amide bonds. The van der Waals surface area contributed by atoms with Gasteiger partial charge in [-0.15, -0.1) is 0 Å². The molecule has 7 nitrogen and oxygen atoms in total. The van der Waals surface area contributed by atoms with Gasteiger partial charge >= 0.3 is 0 Å². The number of aromatic amines is 1. The molecule has 0 radical (unpaired) electrons. The van der Waals surface area contributed by atoms with Crippen molar-refractivity contribution in [2.75, 3.05) is 13.7 Å². The summed E-state index contributed by atoms with van der Waals surface area (Å²) in [6, 6.07) is 30.9. The minimum atomic E-state index is -0.833. The molecule has 5 aromatic rings. The maximum Gasteiger partial charge on any atom is 0.300 e. The second-order valence-corrected chi connectivity index (χ2v) is 10.9. The lowest BCUT2D eigenvalue weighted by Gasteiger charge is -2.25. The molecule has 1 unspecified atom stereocenters. The lowest BCUT2D eigenvalue weighted by Crippen LogP contribution is -2.30. The van der Waals surface area contributed by atoms with Gasteiger partial charge in [0.25, 0.3) is 5.97 Å². The van der Waals surface area contributed by atoms with Gasteiger partial charge in [0.2, 0.25) is 0 Å². The molecular formula is C34H33BrN2O5. The molecule has 0 saturated heterocycles. The van der Waals surface area contributed by atoms with E-state index in [2.05, 4.69) is 62.6 Å². The van der Waals surface area contributed by atoms with Gasteiger partial charge in [-0.1, -0.05) is 52.3 Å². The van der Waals surface area contributed by atoms with Crippen molar-refractivity contribution in [3.05, 3.63) is 123 Å². The fourth-order valence-corrected chi connectivity index (χ4v) is 5.37. The van der Waals surface area contributed by atoms with Gasteiger partial charge in [0.1, 0.15) is 30.5 Å². The summed E-state index contributed by atoms with van der Waals surface area (Å²) in [6.45, 7) is 2.96. The lowest BCUT2D eigenvalue weighted by atomic mass is 9.93. The average molecular weight is 630 g/mol. The number of H-pyrrole nitrogens is 1. The summed E-state index contributed by atoms with van der Waals surface area (Å²) in [6.07, 6.45) is 0.962. The molecule has 1 aromatic heterocycles. The van der Waals surface area contributed by atoms with Crippen molar-refractivity contribution in [3.63, 3.8) is 0 Å². The van der Waals surface area contributed by atoms with Crippen LogP contribution in [0.3, 0.4) is 0 Å². The number of carboxylic acid groups (broad SMARTS) is 1. The van der Waals surface area contributed by atoms with E-state index < -0.39 is 5.97 Å². The molecule has 0 bridgehead atoms. The number of hydrogen-bond acceptors (Lipinski definition) is 5. The van der Waals surface area contributed by atoms with Gasteiger partial charge in [-0.05, 0) is 77.7 Å². The molecule has 1 aliphatic heterocycles. The molecule has 0 fully saturated rings. The highest BCUT2D eigenvalue weighted by atomic mass is 79.9. The first-order valence-corrected chi connectivity index (χ1v) is 14.5. The summed E-state index contributed by atoms with van der Waals surface area (Å²) < 4.78 is 18.9. The van der Waals surface area contributed by atoms with Crippen LogP contribution in [0.5, 0.6) is 17.2 Å². The van der Waals surface area contributed by atoms with Crippen molar-refractivity contribution in [2.45, 2.75) is 32.6 Å². The molecule has 1 atom stereocenters. The summed E-state index contributed by atoms with van der Waals surface area (Å²) in [4.78, 5) is 12.7. The van der Waals surface area contributed by atoms with Crippen LogP contribution in [-0.4, -0.2) is 29.7 Å². The number of carbonyl (C=O) groups is 1. The van der Waals surface area contributed by atoms with E-state index >= 15 is 0 Å². The van der Waals surface area contributed by atoms with Crippen LogP contribution in [0.4, 0.5) is 0 Å². The van der Waals surface area contributed by atoms with Gasteiger partial charge in [0.15, 0.2) is 0 Å². The largest absolute Gasteiger partial charge is 0.496 e. The minimum Gasteiger partial charge on any atom is -0.496 e. The number of aromatic nitrogens is 1. The van der Waals surface area contributed by atoms with Gasteiger partial charge in [-0.25, -0.2) is 0 Å². The van der Waals surface area contributed by atoms with Crippen LogP contribution >= 0.6 is 15.9 Å². The van der Waals surface area contributed by atoms with Crippen LogP contribution in [0, 0.1) is 0 Å². The minimum absolute atomic E-state index is 0.0529. The van der Waals surface area contributed by atoms with Crippen molar-refractivity contribution in [2.24, 2.45) is 0 Å². The Bertz CT molecular complexity index is 1650. The molecule has 4 aromatic carbocycles. The van der Waals surface area contributed by atoms with Crippen molar-refractivity contribution in [1.82, 2.24) is 10.3 Å². The van der Waals surface area contributed by atoms with E-state index in [1.807, 2.05) is 54.6 Å². The van der Waals surface area contributed by atoms with Gasteiger partial charge in [-0.3, -0.25) is 4.79 Å². The Hall–Kier alpha value is -4.27. The Morgan fingerprint density at radius 3 is 2.38 bits per heavy atom. The summed E-state index contributed by atoms with van der Waals surface area (Å²) in [7, 11) is 1.70. The van der Waals surface area contributed by atoms with Gasteiger partial charge in [-0.2, -0.15) is 0 Å². The molecule has 216 valence electrons. The first kappa shape index (κ1) is 29.2. The van der Waals surface area contributed by atoms with Crippen LogP contribution in [-0.2, 0) is 24.4 Å². The number of halogens is 1. The zero-order valence-corrected chi connectivity index (χ0v) is 25.1. The fraction of sp³-hybridized carbons (Fsp3) is 0.206. The zero-order chi connectivity index (χ0) is 29.5. The van der Waals surface area contributed by atoms with Crippen molar-refractivity contribution in [1.29, 1.82) is 0 Å². The highest BCUT2D eigenvalue weighted by Gasteiger charge is 2.26. The lowest BCUT2D eigenvalue weighted by molar-refractivity contribution is -0.134. The molecule has 2 heterocycles. The average Bonchev–Trinajstić information content (AvgIpc) is 3.38. The van der Waals surface area contributed by atoms with E-state index in [-0.39, 0.29) is 6.04 Å². The number of carboxylic acids is 1. The predicted octanol–water partition coefficient (Wildman–Crippen LogP) is 7.42. The monoisotopic (exact) mass is 628 g/mol. The van der Waals surface area contributed by atoms with E-state index in [1.54, 1.807) is 7.11 Å². The first-order chi connectivity index (χ1) is 20.4. The van der Waals surface area contributed by atoms with E-state index in [1.165, 1.54) is 22.2 Å². The molecular weight excluding hydrogens is 596 g/mol. The molecule has 8 heteroatoms. The zero-order valence-electron chi connectivity index (χ0n) is 23.5. The van der Waals surface area contributed by atoms with Gasteiger partial charge in [0, 0.05) is 40.1 Å². The highest BCUT2D eigenvalue weighted by Crippen LogP contribution is 2.36. The smallest absolute Gasteiger partial charge is 0.300 e. The van der Waals surface area contributed by atoms with Crippen LogP contribution in [0.1, 0.15) is 40.9 Å².